The predicted octanol–water partition coefficient (Wildman–Crippen LogP) is 4.41. The summed E-state index contributed by atoms with van der Waals surface area (Å²) in [7, 11) is 0. The summed E-state index contributed by atoms with van der Waals surface area (Å²) in [4.78, 5) is 26.8. The Labute approximate surface area is 181 Å². The molecule has 0 aliphatic heterocycles. The van der Waals surface area contributed by atoms with Crippen molar-refractivity contribution >= 4 is 40.3 Å². The average molecular weight is 434 g/mol. The first kappa shape index (κ1) is 20.2. The first-order chi connectivity index (χ1) is 15.0. The topological polar surface area (TPSA) is 102 Å². The molecular weight excluding hydrogens is 418 g/mol. The predicted molar refractivity (Wildman–Crippen MR) is 118 cm³/mol. The second-order valence-electron chi connectivity index (χ2n) is 6.70. The Morgan fingerprint density at radius 3 is 2.84 bits per heavy atom. The van der Waals surface area contributed by atoms with Crippen molar-refractivity contribution in [2.75, 3.05) is 0 Å². The summed E-state index contributed by atoms with van der Waals surface area (Å²) in [6.07, 6.45) is 4.93. The molecule has 0 unspecified atom stereocenters. The van der Waals surface area contributed by atoms with E-state index in [9.17, 15) is 14.9 Å². The van der Waals surface area contributed by atoms with Crippen LogP contribution in [-0.2, 0) is 6.54 Å². The third-order valence-electron chi connectivity index (χ3n) is 4.67. The normalized spacial score (nSPS) is 11.1. The third kappa shape index (κ3) is 4.44. The van der Waals surface area contributed by atoms with E-state index in [0.29, 0.717) is 6.54 Å². The van der Waals surface area contributed by atoms with Crippen molar-refractivity contribution < 1.29 is 9.72 Å². The summed E-state index contributed by atoms with van der Waals surface area (Å²) in [6, 6.07) is 17.4. The number of amides is 1. The van der Waals surface area contributed by atoms with Crippen LogP contribution >= 0.6 is 11.6 Å². The fourth-order valence-corrected chi connectivity index (χ4v) is 3.46. The molecule has 0 spiro atoms. The van der Waals surface area contributed by atoms with Crippen LogP contribution < -0.4 is 5.43 Å². The Morgan fingerprint density at radius 2 is 2.03 bits per heavy atom. The van der Waals surface area contributed by atoms with Crippen molar-refractivity contribution in [1.29, 1.82) is 0 Å². The van der Waals surface area contributed by atoms with Crippen LogP contribution in [0, 0.1) is 10.1 Å². The number of carbonyl (C=O) groups excluding carboxylic acids is 1. The minimum Gasteiger partial charge on any atom is -0.342 e. The Bertz CT molecular complexity index is 1320. The molecular formula is C22H16ClN5O3. The number of non-ortho nitro benzene ring substituents is 1. The minimum absolute atomic E-state index is 0.0486. The fourth-order valence-electron chi connectivity index (χ4n) is 3.25. The summed E-state index contributed by atoms with van der Waals surface area (Å²) < 4.78 is 1.98. The molecule has 0 aliphatic rings. The molecule has 0 saturated carbocycles. The number of carbonyl (C=O) groups is 1. The van der Waals surface area contributed by atoms with Crippen LogP contribution in [-0.4, -0.2) is 26.6 Å². The molecule has 4 rings (SSSR count). The van der Waals surface area contributed by atoms with E-state index in [-0.39, 0.29) is 16.4 Å². The van der Waals surface area contributed by atoms with E-state index >= 15 is 0 Å². The van der Waals surface area contributed by atoms with Crippen LogP contribution in [0.4, 0.5) is 5.69 Å². The van der Waals surface area contributed by atoms with E-state index in [1.54, 1.807) is 30.5 Å². The summed E-state index contributed by atoms with van der Waals surface area (Å²) in [5, 5.41) is 16.1. The van der Waals surface area contributed by atoms with Crippen LogP contribution in [0.25, 0.3) is 10.9 Å². The van der Waals surface area contributed by atoms with E-state index in [4.69, 9.17) is 11.6 Å². The molecule has 9 heteroatoms. The Kier molecular flexibility index (Phi) is 5.72. The maximum absolute atomic E-state index is 12.2. The number of hydrogen-bond donors (Lipinski definition) is 1. The van der Waals surface area contributed by atoms with Crippen molar-refractivity contribution in [3.63, 3.8) is 0 Å². The molecule has 1 N–H and O–H groups in total. The second-order valence-corrected chi connectivity index (χ2v) is 7.06. The number of aromatic nitrogens is 2. The number of rotatable bonds is 6. The third-order valence-corrected chi connectivity index (χ3v) is 4.97. The molecule has 2 aromatic heterocycles. The Morgan fingerprint density at radius 1 is 1.19 bits per heavy atom. The number of nitrogens with zero attached hydrogens (tertiary/aromatic N) is 4. The van der Waals surface area contributed by atoms with Crippen LogP contribution in [0.2, 0.25) is 5.15 Å². The van der Waals surface area contributed by atoms with Crippen molar-refractivity contribution in [2.24, 2.45) is 5.10 Å². The molecule has 8 nitrogen and oxygen atoms in total. The Balaban J connectivity index is 1.59. The standard InChI is InChI=1S/C22H16ClN5O3/c23-21-19(8-4-10-24-21)22(29)26-25-12-16-14-27(20-9-2-1-7-18(16)20)13-15-5-3-6-17(11-15)28(30)31/h1-12,14H,13H2,(H,26,29). The summed E-state index contributed by atoms with van der Waals surface area (Å²) in [5.41, 5.74) is 5.27. The van der Waals surface area contributed by atoms with Gasteiger partial charge in [-0.3, -0.25) is 14.9 Å². The summed E-state index contributed by atoms with van der Waals surface area (Å²) in [6.45, 7) is 0.452. The zero-order valence-electron chi connectivity index (χ0n) is 16.1. The van der Waals surface area contributed by atoms with E-state index < -0.39 is 10.8 Å². The lowest BCUT2D eigenvalue weighted by Crippen LogP contribution is -2.18. The van der Waals surface area contributed by atoms with Crippen molar-refractivity contribution in [1.82, 2.24) is 15.0 Å². The first-order valence-corrected chi connectivity index (χ1v) is 9.66. The van der Waals surface area contributed by atoms with Gasteiger partial charge >= 0.3 is 0 Å². The lowest BCUT2D eigenvalue weighted by Gasteiger charge is -2.05. The summed E-state index contributed by atoms with van der Waals surface area (Å²) in [5.74, 6) is -0.463. The molecule has 1 amide bonds. The molecule has 0 saturated heterocycles. The van der Waals surface area contributed by atoms with Gasteiger partial charge in [0.2, 0.25) is 0 Å². The van der Waals surface area contributed by atoms with Gasteiger partial charge in [0, 0.05) is 47.5 Å². The number of fused-ring (bicyclic) bond motifs is 1. The molecule has 154 valence electrons. The molecule has 4 aromatic rings. The minimum atomic E-state index is -0.463. The van der Waals surface area contributed by atoms with Crippen LogP contribution in [0.3, 0.4) is 0 Å². The van der Waals surface area contributed by atoms with Gasteiger partial charge < -0.3 is 4.57 Å². The highest BCUT2D eigenvalue weighted by molar-refractivity contribution is 6.32. The van der Waals surface area contributed by atoms with Gasteiger partial charge in [-0.25, -0.2) is 10.4 Å². The molecule has 0 aliphatic carbocycles. The van der Waals surface area contributed by atoms with Crippen LogP contribution in [0.5, 0.6) is 0 Å². The molecule has 2 heterocycles. The SMILES string of the molecule is O=C(NN=Cc1cn(Cc2cccc([N+](=O)[O-])c2)c2ccccc12)c1cccnc1Cl. The smallest absolute Gasteiger partial charge is 0.274 e. The van der Waals surface area contributed by atoms with Gasteiger partial charge in [-0.1, -0.05) is 41.9 Å². The number of hydrogen-bond acceptors (Lipinski definition) is 5. The number of nitrogens with one attached hydrogen (secondary N) is 1. The highest BCUT2D eigenvalue weighted by Crippen LogP contribution is 2.22. The molecule has 0 radical (unpaired) electrons. The maximum atomic E-state index is 12.2. The quantitative estimate of drug-likeness (QED) is 0.210. The number of para-hydroxylation sites is 1. The number of benzene rings is 2. The first-order valence-electron chi connectivity index (χ1n) is 9.28. The molecule has 0 bridgehead atoms. The van der Waals surface area contributed by atoms with E-state index in [0.717, 1.165) is 22.0 Å². The molecule has 0 fully saturated rings. The van der Waals surface area contributed by atoms with Crippen molar-refractivity contribution in [3.05, 3.63) is 105 Å². The molecule has 0 atom stereocenters. The lowest BCUT2D eigenvalue weighted by molar-refractivity contribution is -0.384. The van der Waals surface area contributed by atoms with Gasteiger partial charge in [0.15, 0.2) is 0 Å². The number of halogens is 1. The maximum Gasteiger partial charge on any atom is 0.274 e. The average Bonchev–Trinajstić information content (AvgIpc) is 3.11. The second kappa shape index (κ2) is 8.76. The van der Waals surface area contributed by atoms with E-state index in [2.05, 4.69) is 15.5 Å². The van der Waals surface area contributed by atoms with Gasteiger partial charge in [-0.2, -0.15) is 5.10 Å². The lowest BCUT2D eigenvalue weighted by atomic mass is 10.2. The fraction of sp³-hybridized carbons (Fsp3) is 0.0455. The Hall–Kier alpha value is -4.04. The van der Waals surface area contributed by atoms with Crippen molar-refractivity contribution in [3.8, 4) is 0 Å². The molecule has 2 aromatic carbocycles. The van der Waals surface area contributed by atoms with Gasteiger partial charge in [-0.05, 0) is 23.8 Å². The van der Waals surface area contributed by atoms with Crippen molar-refractivity contribution in [2.45, 2.75) is 6.54 Å². The van der Waals surface area contributed by atoms with Gasteiger partial charge in [0.1, 0.15) is 5.15 Å². The zero-order chi connectivity index (χ0) is 21.8. The number of nitro groups is 1. The highest BCUT2D eigenvalue weighted by atomic mass is 35.5. The number of pyridine rings is 1. The number of hydrazone groups is 1. The van der Waals surface area contributed by atoms with E-state index in [1.807, 2.05) is 41.1 Å². The number of nitro benzene ring substituents is 1. The van der Waals surface area contributed by atoms with E-state index in [1.165, 1.54) is 12.3 Å². The van der Waals surface area contributed by atoms with Gasteiger partial charge in [0.05, 0.1) is 16.7 Å². The summed E-state index contributed by atoms with van der Waals surface area (Å²) >= 11 is 5.93. The zero-order valence-corrected chi connectivity index (χ0v) is 16.9. The highest BCUT2D eigenvalue weighted by Gasteiger charge is 2.11. The van der Waals surface area contributed by atoms with Crippen LogP contribution in [0.1, 0.15) is 21.5 Å². The molecule has 31 heavy (non-hydrogen) atoms. The monoisotopic (exact) mass is 433 g/mol. The van der Waals surface area contributed by atoms with Crippen LogP contribution in [0.15, 0.2) is 78.2 Å². The van der Waals surface area contributed by atoms with Gasteiger partial charge in [0.25, 0.3) is 11.6 Å². The largest absolute Gasteiger partial charge is 0.342 e. The van der Waals surface area contributed by atoms with Gasteiger partial charge in [-0.15, -0.1) is 0 Å².